The molecule has 0 unspecified atom stereocenters. The highest BCUT2D eigenvalue weighted by molar-refractivity contribution is 5.88. The molecule has 0 spiro atoms. The van der Waals surface area contributed by atoms with E-state index in [2.05, 4.69) is 0 Å². The van der Waals surface area contributed by atoms with E-state index in [1.165, 1.54) is 0 Å². The van der Waals surface area contributed by atoms with Gasteiger partial charge in [-0.2, -0.15) is 0 Å². The lowest BCUT2D eigenvalue weighted by Gasteiger charge is -2.11. The summed E-state index contributed by atoms with van der Waals surface area (Å²) in [7, 11) is 0. The molecule has 0 aromatic carbocycles. The Morgan fingerprint density at radius 2 is 0.475 bits per heavy atom. The fourth-order valence-corrected chi connectivity index (χ4v) is 4.48. The maximum Gasteiger partial charge on any atom is 0.334 e. The maximum atomic E-state index is 10.3. The third-order valence-corrected chi connectivity index (χ3v) is 6.79. The summed E-state index contributed by atoms with van der Waals surface area (Å²) in [5.74, 6) is -3.63. The lowest BCUT2D eigenvalue weighted by Crippen LogP contribution is -2.08. The minimum Gasteiger partial charge on any atom is -0.512 e. The number of carboxylic acids is 4. The molecule has 12 heteroatoms. The van der Waals surface area contributed by atoms with E-state index in [1.54, 1.807) is 0 Å². The molecule has 0 atom stereocenters. The molecular formula is C28H40O12. The van der Waals surface area contributed by atoms with Gasteiger partial charge in [-0.3, -0.25) is 0 Å². The van der Waals surface area contributed by atoms with Crippen molar-refractivity contribution in [3.05, 3.63) is 45.3 Å². The smallest absolute Gasteiger partial charge is 0.334 e. The highest BCUT2D eigenvalue weighted by atomic mass is 16.4. The number of hydrogen-bond donors (Lipinski definition) is 8. The van der Waals surface area contributed by atoms with E-state index in [-0.39, 0.29) is 45.3 Å². The lowest BCUT2D eigenvalue weighted by molar-refractivity contribution is -0.134. The molecule has 4 aliphatic carbocycles. The SMILES string of the molecule is O=C(O)C1=C(O)CCCC1.O=C(O)C1=C(O)CCCC1.O=C(O)C1=C(O)CCCC1.O=C(O)C1=C(O)CCCC1. The molecular weight excluding hydrogens is 528 g/mol. The molecule has 0 bridgehead atoms. The predicted molar refractivity (Wildman–Crippen MR) is 143 cm³/mol. The van der Waals surface area contributed by atoms with Crippen molar-refractivity contribution in [2.45, 2.75) is 103 Å². The second-order valence-corrected chi connectivity index (χ2v) is 9.75. The Morgan fingerprint density at radius 1 is 0.325 bits per heavy atom. The minimum atomic E-state index is -0.975. The minimum absolute atomic E-state index is 0.0683. The van der Waals surface area contributed by atoms with Crippen molar-refractivity contribution >= 4 is 23.9 Å². The van der Waals surface area contributed by atoms with Gasteiger partial charge in [0.2, 0.25) is 0 Å². The fourth-order valence-electron chi connectivity index (χ4n) is 4.48. The van der Waals surface area contributed by atoms with Crippen LogP contribution in [-0.2, 0) is 19.2 Å². The van der Waals surface area contributed by atoms with Gasteiger partial charge >= 0.3 is 23.9 Å². The molecule has 224 valence electrons. The second kappa shape index (κ2) is 17.6. The number of carbonyl (C=O) groups is 4. The van der Waals surface area contributed by atoms with Crippen LogP contribution in [0.3, 0.4) is 0 Å². The van der Waals surface area contributed by atoms with Crippen molar-refractivity contribution in [1.82, 2.24) is 0 Å². The molecule has 0 aliphatic heterocycles. The average Bonchev–Trinajstić information content (AvgIpc) is 2.90. The molecule has 0 saturated carbocycles. The van der Waals surface area contributed by atoms with Crippen LogP contribution in [0.15, 0.2) is 45.3 Å². The van der Waals surface area contributed by atoms with Crippen molar-refractivity contribution in [2.75, 3.05) is 0 Å². The highest BCUT2D eigenvalue weighted by Gasteiger charge is 2.19. The normalized spacial score (nSPS) is 19.2. The number of allylic oxidation sites excluding steroid dienone is 4. The average molecular weight is 569 g/mol. The van der Waals surface area contributed by atoms with Crippen LogP contribution < -0.4 is 0 Å². The summed E-state index contributed by atoms with van der Waals surface area (Å²) in [5.41, 5.74) is 0.801. The van der Waals surface area contributed by atoms with Gasteiger partial charge in [0, 0.05) is 25.7 Å². The molecule has 0 fully saturated rings. The molecule has 4 aliphatic rings. The first-order valence-electron chi connectivity index (χ1n) is 13.4. The number of carboxylic acid groups (broad SMARTS) is 4. The summed E-state index contributed by atoms with van der Waals surface area (Å²) in [6.07, 6.45) is 11.3. The summed E-state index contributed by atoms with van der Waals surface area (Å²) >= 11 is 0. The zero-order valence-corrected chi connectivity index (χ0v) is 22.5. The van der Waals surface area contributed by atoms with Gasteiger partial charge in [-0.1, -0.05) is 0 Å². The molecule has 12 nitrogen and oxygen atoms in total. The van der Waals surface area contributed by atoms with Crippen molar-refractivity contribution in [2.24, 2.45) is 0 Å². The zero-order chi connectivity index (χ0) is 30.2. The molecule has 0 radical (unpaired) electrons. The predicted octanol–water partition coefficient (Wildman–Crippen LogP) is 5.83. The first-order valence-corrected chi connectivity index (χ1v) is 13.4. The van der Waals surface area contributed by atoms with E-state index >= 15 is 0 Å². The maximum absolute atomic E-state index is 10.3. The van der Waals surface area contributed by atoms with E-state index in [0.29, 0.717) is 51.4 Å². The number of aliphatic carboxylic acids is 4. The molecule has 40 heavy (non-hydrogen) atoms. The summed E-state index contributed by atoms with van der Waals surface area (Å²) in [6.45, 7) is 0. The quantitative estimate of drug-likeness (QED) is 0.200. The van der Waals surface area contributed by atoms with Crippen LogP contribution in [0.2, 0.25) is 0 Å². The van der Waals surface area contributed by atoms with Gasteiger partial charge in [0.25, 0.3) is 0 Å². The molecule has 0 aromatic rings. The Labute approximate surface area is 232 Å². The van der Waals surface area contributed by atoms with Crippen LogP contribution in [0.5, 0.6) is 0 Å². The molecule has 0 amide bonds. The third-order valence-electron chi connectivity index (χ3n) is 6.79. The van der Waals surface area contributed by atoms with Gasteiger partial charge in [-0.25, -0.2) is 19.2 Å². The van der Waals surface area contributed by atoms with Gasteiger partial charge in [-0.05, 0) is 77.0 Å². The largest absolute Gasteiger partial charge is 0.512 e. The summed E-state index contributed by atoms with van der Waals surface area (Å²) in [4.78, 5) is 41.4. The Balaban J connectivity index is 0.000000267. The first-order chi connectivity index (χ1) is 18.9. The van der Waals surface area contributed by atoms with Crippen LogP contribution >= 0.6 is 0 Å². The molecule has 8 N–H and O–H groups in total. The van der Waals surface area contributed by atoms with Crippen LogP contribution in [0.25, 0.3) is 0 Å². The second-order valence-electron chi connectivity index (χ2n) is 9.75. The topological polar surface area (TPSA) is 230 Å². The Bertz CT molecular complexity index is 893. The lowest BCUT2D eigenvalue weighted by atomic mass is 9.98. The van der Waals surface area contributed by atoms with E-state index in [1.807, 2.05) is 0 Å². The van der Waals surface area contributed by atoms with Gasteiger partial charge in [0.1, 0.15) is 23.0 Å². The monoisotopic (exact) mass is 568 g/mol. The molecule has 4 rings (SSSR count). The zero-order valence-electron chi connectivity index (χ0n) is 22.5. The van der Waals surface area contributed by atoms with E-state index < -0.39 is 23.9 Å². The van der Waals surface area contributed by atoms with Crippen molar-refractivity contribution < 1.29 is 60.0 Å². The Morgan fingerprint density at radius 3 is 0.575 bits per heavy atom. The highest BCUT2D eigenvalue weighted by Crippen LogP contribution is 2.24. The number of rotatable bonds is 4. The van der Waals surface area contributed by atoms with E-state index in [0.717, 1.165) is 51.4 Å². The Hall–Kier alpha value is -3.96. The van der Waals surface area contributed by atoms with Crippen molar-refractivity contribution in [1.29, 1.82) is 0 Å². The van der Waals surface area contributed by atoms with Crippen LogP contribution in [-0.4, -0.2) is 64.7 Å². The molecule has 0 saturated heterocycles. The van der Waals surface area contributed by atoms with Gasteiger partial charge in [-0.15, -0.1) is 0 Å². The first kappa shape index (κ1) is 34.1. The molecule has 0 aromatic heterocycles. The van der Waals surface area contributed by atoms with Gasteiger partial charge in [0.15, 0.2) is 0 Å². The van der Waals surface area contributed by atoms with Crippen LogP contribution in [0.1, 0.15) is 103 Å². The van der Waals surface area contributed by atoms with Crippen molar-refractivity contribution in [3.63, 3.8) is 0 Å². The number of aliphatic hydroxyl groups excluding tert-OH is 4. The Kier molecular flexibility index (Phi) is 15.0. The van der Waals surface area contributed by atoms with E-state index in [4.69, 9.17) is 40.9 Å². The van der Waals surface area contributed by atoms with Crippen LogP contribution in [0, 0.1) is 0 Å². The molecule has 0 heterocycles. The third kappa shape index (κ3) is 11.8. The fraction of sp³-hybridized carbons (Fsp3) is 0.571. The summed E-state index contributed by atoms with van der Waals surface area (Å²) in [6, 6.07) is 0. The van der Waals surface area contributed by atoms with Crippen LogP contribution in [0.4, 0.5) is 0 Å². The number of hydrogen-bond acceptors (Lipinski definition) is 8. The standard InChI is InChI=1S/4C7H10O3/c4*8-6-4-2-1-3-5(6)7(9)10/h4*8H,1-4H2,(H,9,10). The van der Waals surface area contributed by atoms with Gasteiger partial charge < -0.3 is 40.9 Å². The summed E-state index contributed by atoms with van der Waals surface area (Å²) in [5, 5.41) is 70.1. The summed E-state index contributed by atoms with van der Waals surface area (Å²) < 4.78 is 0. The van der Waals surface area contributed by atoms with Crippen molar-refractivity contribution in [3.8, 4) is 0 Å². The van der Waals surface area contributed by atoms with E-state index in [9.17, 15) is 19.2 Å². The number of aliphatic hydroxyl groups is 4. The van der Waals surface area contributed by atoms with Gasteiger partial charge in [0.05, 0.1) is 22.3 Å².